The van der Waals surface area contributed by atoms with Crippen LogP contribution < -0.4 is 4.74 Å². The van der Waals surface area contributed by atoms with Crippen LogP contribution in [-0.2, 0) is 32.5 Å². The molecule has 160 valence electrons. The van der Waals surface area contributed by atoms with E-state index in [1.165, 1.54) is 21.5 Å². The van der Waals surface area contributed by atoms with E-state index in [1.807, 2.05) is 18.2 Å². The van der Waals surface area contributed by atoms with E-state index in [1.54, 1.807) is 24.0 Å². The third kappa shape index (κ3) is 4.35. The van der Waals surface area contributed by atoms with Crippen LogP contribution in [0.5, 0.6) is 5.75 Å². The van der Waals surface area contributed by atoms with E-state index in [0.717, 1.165) is 6.42 Å². The molecule has 0 radical (unpaired) electrons. The second-order valence-corrected chi connectivity index (χ2v) is 9.50. The van der Waals surface area contributed by atoms with Crippen LogP contribution >= 0.6 is 0 Å². The Kier molecular flexibility index (Phi) is 6.08. The van der Waals surface area contributed by atoms with E-state index in [4.69, 9.17) is 9.47 Å². The number of hydrogen-bond acceptors (Lipinski definition) is 5. The van der Waals surface area contributed by atoms with Gasteiger partial charge in [-0.3, -0.25) is 4.79 Å². The number of carbonyl (C=O) groups excluding carboxylic acids is 1. The van der Waals surface area contributed by atoms with Crippen LogP contribution in [0.2, 0.25) is 0 Å². The number of amides is 1. The van der Waals surface area contributed by atoms with Gasteiger partial charge in [-0.05, 0) is 48.2 Å². The molecular weight excluding hydrogens is 404 g/mol. The van der Waals surface area contributed by atoms with Crippen LogP contribution in [0.3, 0.4) is 0 Å². The average Bonchev–Trinajstić information content (AvgIpc) is 2.78. The lowest BCUT2D eigenvalue weighted by molar-refractivity contribution is -0.134. The number of benzene rings is 2. The molecule has 2 aliphatic rings. The van der Waals surface area contributed by atoms with Crippen molar-refractivity contribution >= 4 is 15.9 Å². The molecule has 0 N–H and O–H groups in total. The summed E-state index contributed by atoms with van der Waals surface area (Å²) in [6.07, 6.45) is 0.842. The highest BCUT2D eigenvalue weighted by Gasteiger charge is 2.27. The Morgan fingerprint density at radius 1 is 1.07 bits per heavy atom. The van der Waals surface area contributed by atoms with E-state index in [2.05, 4.69) is 6.07 Å². The SMILES string of the molecule is Cc1cc(S(=O)(=O)N2CCOCC2)ccc1OCC(=O)N1CCc2ccccc2C1. The quantitative estimate of drug-likeness (QED) is 0.725. The fourth-order valence-corrected chi connectivity index (χ4v) is 5.31. The third-order valence-corrected chi connectivity index (χ3v) is 7.48. The molecule has 0 aliphatic carbocycles. The van der Waals surface area contributed by atoms with Gasteiger partial charge >= 0.3 is 0 Å². The summed E-state index contributed by atoms with van der Waals surface area (Å²) in [5, 5.41) is 0. The van der Waals surface area contributed by atoms with Gasteiger partial charge < -0.3 is 14.4 Å². The lowest BCUT2D eigenvalue weighted by Crippen LogP contribution is -2.40. The van der Waals surface area contributed by atoms with Gasteiger partial charge in [0, 0.05) is 26.2 Å². The van der Waals surface area contributed by atoms with Crippen LogP contribution in [0.4, 0.5) is 0 Å². The Morgan fingerprint density at radius 2 is 1.80 bits per heavy atom. The first kappa shape index (κ1) is 20.8. The first-order chi connectivity index (χ1) is 14.4. The van der Waals surface area contributed by atoms with Crippen molar-refractivity contribution < 1.29 is 22.7 Å². The molecule has 0 bridgehead atoms. The molecule has 0 atom stereocenters. The summed E-state index contributed by atoms with van der Waals surface area (Å²) in [5.74, 6) is 0.440. The number of nitrogens with zero attached hydrogens (tertiary/aromatic N) is 2. The largest absolute Gasteiger partial charge is 0.483 e. The Bertz CT molecular complexity index is 1030. The molecule has 1 amide bonds. The number of sulfonamides is 1. The normalized spacial score (nSPS) is 17.4. The van der Waals surface area contributed by atoms with Crippen molar-refractivity contribution in [1.29, 1.82) is 0 Å². The zero-order valence-electron chi connectivity index (χ0n) is 17.0. The van der Waals surface area contributed by atoms with Gasteiger partial charge in [0.2, 0.25) is 10.0 Å². The summed E-state index contributed by atoms with van der Waals surface area (Å²) >= 11 is 0. The Hall–Kier alpha value is -2.42. The summed E-state index contributed by atoms with van der Waals surface area (Å²) < 4.78 is 38.0. The topological polar surface area (TPSA) is 76.1 Å². The van der Waals surface area contributed by atoms with Crippen LogP contribution in [0.1, 0.15) is 16.7 Å². The molecule has 2 aromatic carbocycles. The van der Waals surface area contributed by atoms with Crippen molar-refractivity contribution in [2.75, 3.05) is 39.5 Å². The molecule has 2 aromatic rings. The highest BCUT2D eigenvalue weighted by molar-refractivity contribution is 7.89. The van der Waals surface area contributed by atoms with Crippen molar-refractivity contribution in [3.05, 3.63) is 59.2 Å². The summed E-state index contributed by atoms with van der Waals surface area (Å²) in [4.78, 5) is 14.6. The molecule has 7 nitrogen and oxygen atoms in total. The zero-order valence-corrected chi connectivity index (χ0v) is 17.9. The van der Waals surface area contributed by atoms with Gasteiger partial charge in [0.1, 0.15) is 5.75 Å². The van der Waals surface area contributed by atoms with Gasteiger partial charge in [-0.1, -0.05) is 24.3 Å². The number of carbonyl (C=O) groups is 1. The molecule has 2 aliphatic heterocycles. The lowest BCUT2D eigenvalue weighted by Gasteiger charge is -2.29. The van der Waals surface area contributed by atoms with E-state index in [9.17, 15) is 13.2 Å². The minimum absolute atomic E-state index is 0.0709. The number of rotatable bonds is 5. The second kappa shape index (κ2) is 8.75. The van der Waals surface area contributed by atoms with Crippen LogP contribution in [0.25, 0.3) is 0 Å². The maximum absolute atomic E-state index is 12.8. The van der Waals surface area contributed by atoms with E-state index < -0.39 is 10.0 Å². The maximum atomic E-state index is 12.8. The average molecular weight is 431 g/mol. The molecule has 0 unspecified atom stereocenters. The monoisotopic (exact) mass is 430 g/mol. The minimum atomic E-state index is -3.56. The molecule has 30 heavy (non-hydrogen) atoms. The smallest absolute Gasteiger partial charge is 0.260 e. The number of fused-ring (bicyclic) bond motifs is 1. The van der Waals surface area contributed by atoms with Gasteiger partial charge in [-0.15, -0.1) is 0 Å². The fraction of sp³-hybridized carbons (Fsp3) is 0.409. The highest BCUT2D eigenvalue weighted by atomic mass is 32.2. The highest BCUT2D eigenvalue weighted by Crippen LogP contribution is 2.25. The van der Waals surface area contributed by atoms with Crippen molar-refractivity contribution in [3.63, 3.8) is 0 Å². The predicted molar refractivity (Wildman–Crippen MR) is 112 cm³/mol. The molecule has 0 aromatic heterocycles. The van der Waals surface area contributed by atoms with Gasteiger partial charge in [-0.2, -0.15) is 4.31 Å². The Morgan fingerprint density at radius 3 is 2.53 bits per heavy atom. The maximum Gasteiger partial charge on any atom is 0.260 e. The first-order valence-corrected chi connectivity index (χ1v) is 11.5. The van der Waals surface area contributed by atoms with Gasteiger partial charge in [0.05, 0.1) is 18.1 Å². The van der Waals surface area contributed by atoms with Crippen LogP contribution in [0.15, 0.2) is 47.4 Å². The van der Waals surface area contributed by atoms with Crippen molar-refractivity contribution in [2.24, 2.45) is 0 Å². The predicted octanol–water partition coefficient (Wildman–Crippen LogP) is 1.98. The number of aryl methyl sites for hydroxylation is 1. The molecule has 1 saturated heterocycles. The molecule has 0 spiro atoms. The summed E-state index contributed by atoms with van der Waals surface area (Å²) in [5.41, 5.74) is 3.14. The molecule has 4 rings (SSSR count). The van der Waals surface area contributed by atoms with Crippen molar-refractivity contribution in [1.82, 2.24) is 9.21 Å². The number of morpholine rings is 1. The molecule has 2 heterocycles. The van der Waals surface area contributed by atoms with Crippen LogP contribution in [-0.4, -0.2) is 63.0 Å². The van der Waals surface area contributed by atoms with E-state index in [0.29, 0.717) is 50.7 Å². The van der Waals surface area contributed by atoms with E-state index >= 15 is 0 Å². The number of hydrogen-bond donors (Lipinski definition) is 0. The molecular formula is C22H26N2O5S. The summed E-state index contributed by atoms with van der Waals surface area (Å²) in [6.45, 7) is 4.50. The third-order valence-electron chi connectivity index (χ3n) is 5.59. The molecule has 0 saturated carbocycles. The number of ether oxygens (including phenoxy) is 2. The van der Waals surface area contributed by atoms with Gasteiger partial charge in [0.15, 0.2) is 6.61 Å². The Labute approximate surface area is 177 Å². The van der Waals surface area contributed by atoms with Gasteiger partial charge in [0.25, 0.3) is 5.91 Å². The lowest BCUT2D eigenvalue weighted by atomic mass is 10.00. The minimum Gasteiger partial charge on any atom is -0.483 e. The summed E-state index contributed by atoms with van der Waals surface area (Å²) in [7, 11) is -3.56. The molecule has 1 fully saturated rings. The van der Waals surface area contributed by atoms with E-state index in [-0.39, 0.29) is 17.4 Å². The summed E-state index contributed by atoms with van der Waals surface area (Å²) in [6, 6.07) is 12.9. The van der Waals surface area contributed by atoms with Gasteiger partial charge in [-0.25, -0.2) is 8.42 Å². The zero-order chi connectivity index (χ0) is 21.1. The van der Waals surface area contributed by atoms with Crippen molar-refractivity contribution in [3.8, 4) is 5.75 Å². The van der Waals surface area contributed by atoms with Crippen LogP contribution in [0, 0.1) is 6.92 Å². The fourth-order valence-electron chi connectivity index (χ4n) is 3.82. The standard InChI is InChI=1S/C22H26N2O5S/c1-17-14-20(30(26,27)24-10-12-28-13-11-24)6-7-21(17)29-16-22(25)23-9-8-18-4-2-3-5-19(18)15-23/h2-7,14H,8-13,15-16H2,1H3. The van der Waals surface area contributed by atoms with Crippen molar-refractivity contribution in [2.45, 2.75) is 24.8 Å². The first-order valence-electron chi connectivity index (χ1n) is 10.1. The Balaban J connectivity index is 1.39. The second-order valence-electron chi connectivity index (χ2n) is 7.57. The molecule has 8 heteroatoms.